The lowest BCUT2D eigenvalue weighted by Crippen LogP contribution is -2.37. The van der Waals surface area contributed by atoms with Gasteiger partial charge in [0.25, 0.3) is 0 Å². The Kier molecular flexibility index (Phi) is 10.3. The van der Waals surface area contributed by atoms with Crippen LogP contribution in [0.1, 0.15) is 41.5 Å². The highest BCUT2D eigenvalue weighted by molar-refractivity contribution is 5.78. The Morgan fingerprint density at radius 1 is 1.28 bits per heavy atom. The molecule has 0 fully saturated rings. The number of carbonyl (C=O) groups excluding carboxylic acids is 2. The average Bonchev–Trinajstić information content (AvgIpc) is 2.26. The van der Waals surface area contributed by atoms with Gasteiger partial charge in [0.15, 0.2) is 0 Å². The summed E-state index contributed by atoms with van der Waals surface area (Å²) >= 11 is 0. The molecule has 3 N–H and O–H groups in total. The molecule has 0 radical (unpaired) electrons. The Morgan fingerprint density at radius 2 is 1.78 bits per heavy atom. The van der Waals surface area contributed by atoms with Crippen LogP contribution in [0.25, 0.3) is 0 Å². The number of carbonyl (C=O) groups is 2. The molecular formula is C12H26N2O4. The molecule has 6 nitrogen and oxygen atoms in total. The van der Waals surface area contributed by atoms with E-state index in [-0.39, 0.29) is 19.2 Å². The zero-order valence-corrected chi connectivity index (χ0v) is 12.2. The smallest absolute Gasteiger partial charge is 0.408 e. The number of hydrogen-bond donors (Lipinski definition) is 2. The normalized spacial score (nSPS) is 11.7. The minimum absolute atomic E-state index is 0.223. The van der Waals surface area contributed by atoms with Crippen molar-refractivity contribution in [2.24, 2.45) is 5.73 Å². The summed E-state index contributed by atoms with van der Waals surface area (Å²) < 4.78 is 9.78. The lowest BCUT2D eigenvalue weighted by Gasteiger charge is -2.19. The molecule has 18 heavy (non-hydrogen) atoms. The molecule has 0 aliphatic rings. The summed E-state index contributed by atoms with van der Waals surface area (Å²) in [6.45, 7) is 10.9. The van der Waals surface area contributed by atoms with Crippen LogP contribution in [-0.2, 0) is 14.3 Å². The predicted octanol–water partition coefficient (Wildman–Crippen LogP) is 1.43. The highest BCUT2D eigenvalue weighted by Gasteiger charge is 2.17. The van der Waals surface area contributed by atoms with E-state index in [2.05, 4.69) is 5.32 Å². The molecule has 0 spiro atoms. The maximum absolute atomic E-state index is 11.2. The van der Waals surface area contributed by atoms with Crippen molar-refractivity contribution in [3.05, 3.63) is 0 Å². The summed E-state index contributed by atoms with van der Waals surface area (Å²) in [5.41, 5.74) is 4.69. The molecular weight excluding hydrogens is 236 g/mol. The number of hydrogen-bond acceptors (Lipinski definition) is 5. The van der Waals surface area contributed by atoms with Crippen LogP contribution in [0.5, 0.6) is 0 Å². The molecule has 108 valence electrons. The van der Waals surface area contributed by atoms with Gasteiger partial charge in [-0.25, -0.2) is 4.79 Å². The monoisotopic (exact) mass is 262 g/mol. The van der Waals surface area contributed by atoms with Crippen LogP contribution in [0.3, 0.4) is 0 Å². The number of nitrogens with two attached hydrogens (primary N) is 1. The first-order chi connectivity index (χ1) is 8.24. The quantitative estimate of drug-likeness (QED) is 0.748. The zero-order valence-electron chi connectivity index (χ0n) is 12.2. The van der Waals surface area contributed by atoms with Gasteiger partial charge >= 0.3 is 12.1 Å². The Hall–Kier alpha value is -1.30. The van der Waals surface area contributed by atoms with E-state index >= 15 is 0 Å². The Bertz CT molecular complexity index is 249. The number of nitrogens with one attached hydrogen (secondary N) is 1. The first-order valence-electron chi connectivity index (χ1n) is 6.11. The summed E-state index contributed by atoms with van der Waals surface area (Å²) in [6.07, 6.45) is -1.00. The topological polar surface area (TPSA) is 90.6 Å². The minimum Gasteiger partial charge on any atom is -0.460 e. The van der Waals surface area contributed by atoms with E-state index in [1.54, 1.807) is 27.7 Å². The molecule has 0 aromatic heterocycles. The number of ether oxygens (including phenoxy) is 2. The number of amides is 1. The third kappa shape index (κ3) is 12.8. The van der Waals surface area contributed by atoms with Gasteiger partial charge in [-0.05, 0) is 27.7 Å². The van der Waals surface area contributed by atoms with Crippen LogP contribution in [0.2, 0.25) is 0 Å². The molecule has 0 aliphatic heterocycles. The van der Waals surface area contributed by atoms with Crippen LogP contribution < -0.4 is 11.1 Å². The summed E-state index contributed by atoms with van der Waals surface area (Å²) in [7, 11) is 0. The molecule has 1 unspecified atom stereocenters. The van der Waals surface area contributed by atoms with E-state index in [1.807, 2.05) is 13.8 Å². The standard InChI is InChI=1S/C10H20N2O4.C2H6/c1-7(5-11)15-8(13)6-12-9(14)16-10(2,3)4;1-2/h7H,5-6,11H2,1-4H3,(H,12,14);1-2H3. The molecule has 0 heterocycles. The molecule has 0 aromatic carbocycles. The van der Waals surface area contributed by atoms with Crippen molar-refractivity contribution >= 4 is 12.1 Å². The van der Waals surface area contributed by atoms with Crippen molar-refractivity contribution in [3.63, 3.8) is 0 Å². The fourth-order valence-corrected chi connectivity index (χ4v) is 0.773. The van der Waals surface area contributed by atoms with Crippen LogP contribution in [0.15, 0.2) is 0 Å². The molecule has 0 rings (SSSR count). The Morgan fingerprint density at radius 3 is 2.17 bits per heavy atom. The number of esters is 1. The average molecular weight is 262 g/mol. The maximum atomic E-state index is 11.2. The molecule has 0 saturated heterocycles. The minimum atomic E-state index is -0.648. The first-order valence-corrected chi connectivity index (χ1v) is 6.11. The summed E-state index contributed by atoms with van der Waals surface area (Å²) in [6, 6.07) is 0. The second-order valence-corrected chi connectivity index (χ2v) is 4.39. The summed E-state index contributed by atoms with van der Waals surface area (Å²) in [5.74, 6) is -0.538. The maximum Gasteiger partial charge on any atom is 0.408 e. The lowest BCUT2D eigenvalue weighted by atomic mass is 10.2. The molecule has 1 amide bonds. The highest BCUT2D eigenvalue weighted by Crippen LogP contribution is 2.06. The van der Waals surface area contributed by atoms with Crippen molar-refractivity contribution in [3.8, 4) is 0 Å². The van der Waals surface area contributed by atoms with Gasteiger partial charge in [0.1, 0.15) is 18.2 Å². The van der Waals surface area contributed by atoms with E-state index < -0.39 is 17.7 Å². The predicted molar refractivity (Wildman–Crippen MR) is 70.2 cm³/mol. The van der Waals surface area contributed by atoms with Gasteiger partial charge in [0.05, 0.1) is 0 Å². The largest absolute Gasteiger partial charge is 0.460 e. The van der Waals surface area contributed by atoms with Gasteiger partial charge in [0.2, 0.25) is 0 Å². The second kappa shape index (κ2) is 9.70. The van der Waals surface area contributed by atoms with Gasteiger partial charge in [-0.1, -0.05) is 13.8 Å². The van der Waals surface area contributed by atoms with Crippen LogP contribution in [-0.4, -0.2) is 36.9 Å². The van der Waals surface area contributed by atoms with E-state index in [0.717, 1.165) is 0 Å². The van der Waals surface area contributed by atoms with Gasteiger partial charge < -0.3 is 20.5 Å². The lowest BCUT2D eigenvalue weighted by molar-refractivity contribution is -0.146. The highest BCUT2D eigenvalue weighted by atomic mass is 16.6. The van der Waals surface area contributed by atoms with E-state index in [1.165, 1.54) is 0 Å². The summed E-state index contributed by atoms with van der Waals surface area (Å²) in [5, 5.41) is 2.29. The van der Waals surface area contributed by atoms with Crippen molar-refractivity contribution in [2.75, 3.05) is 13.1 Å². The molecule has 0 saturated carbocycles. The van der Waals surface area contributed by atoms with Crippen LogP contribution in [0, 0.1) is 0 Å². The van der Waals surface area contributed by atoms with Crippen molar-refractivity contribution in [1.29, 1.82) is 0 Å². The number of alkyl carbamates (subject to hydrolysis) is 1. The molecule has 0 aromatic rings. The Labute approximate surface area is 109 Å². The third-order valence-corrected chi connectivity index (χ3v) is 1.44. The van der Waals surface area contributed by atoms with Crippen molar-refractivity contribution < 1.29 is 19.1 Å². The molecule has 1 atom stereocenters. The first kappa shape index (κ1) is 19.0. The second-order valence-electron chi connectivity index (χ2n) is 4.39. The van der Waals surface area contributed by atoms with Gasteiger partial charge in [-0.2, -0.15) is 0 Å². The Balaban J connectivity index is 0. The van der Waals surface area contributed by atoms with Gasteiger partial charge in [-0.3, -0.25) is 4.79 Å². The molecule has 0 bridgehead atoms. The molecule has 0 aliphatic carbocycles. The summed E-state index contributed by atoms with van der Waals surface area (Å²) in [4.78, 5) is 22.3. The van der Waals surface area contributed by atoms with Crippen LogP contribution in [0.4, 0.5) is 4.79 Å². The fourth-order valence-electron chi connectivity index (χ4n) is 0.773. The zero-order chi connectivity index (χ0) is 14.8. The van der Waals surface area contributed by atoms with Gasteiger partial charge in [-0.15, -0.1) is 0 Å². The third-order valence-electron chi connectivity index (χ3n) is 1.44. The van der Waals surface area contributed by atoms with Crippen LogP contribution >= 0.6 is 0 Å². The molecule has 6 heteroatoms. The number of rotatable bonds is 4. The van der Waals surface area contributed by atoms with E-state index in [4.69, 9.17) is 15.2 Å². The SMILES string of the molecule is CC.CC(CN)OC(=O)CNC(=O)OC(C)(C)C. The van der Waals surface area contributed by atoms with E-state index in [0.29, 0.717) is 0 Å². The van der Waals surface area contributed by atoms with E-state index in [9.17, 15) is 9.59 Å². The van der Waals surface area contributed by atoms with Crippen molar-refractivity contribution in [2.45, 2.75) is 53.2 Å². The van der Waals surface area contributed by atoms with Crippen molar-refractivity contribution in [1.82, 2.24) is 5.32 Å². The van der Waals surface area contributed by atoms with Gasteiger partial charge in [0, 0.05) is 6.54 Å². The fraction of sp³-hybridized carbons (Fsp3) is 0.833.